The molecule has 3 aliphatic rings. The molecule has 0 bridgehead atoms. The number of ether oxygens (including phenoxy) is 4. The molecule has 1 aromatic heterocycles. The van der Waals surface area contributed by atoms with Crippen LogP contribution in [0, 0.1) is 0 Å². The minimum Gasteiger partial charge on any atom is -0.490 e. The van der Waals surface area contributed by atoms with Crippen molar-refractivity contribution in [2.75, 3.05) is 57.7 Å². The first-order valence-electron chi connectivity index (χ1n) is 20.2. The van der Waals surface area contributed by atoms with Gasteiger partial charge in [-0.3, -0.25) is 44.0 Å². The number of amides is 8. The number of halogens is 1. The first-order chi connectivity index (χ1) is 30.0. The van der Waals surface area contributed by atoms with Gasteiger partial charge in [0, 0.05) is 46.1 Å². The quantitative estimate of drug-likeness (QED) is 0.0689. The molecule has 1 unspecified atom stereocenters. The average molecular weight is 869 g/mol. The van der Waals surface area contributed by atoms with Gasteiger partial charge < -0.3 is 29.6 Å². The SMILES string of the molecule is CC1(NC(=O)N(C=O)c2cncc3cc(C(=O)NCCOCCOCCOCCOc4cccc5c4C(=O)N(C4CCC(=O)NC4=O)C5=O)ccc23)CC(c2ccccc2Cl)C1. The Hall–Kier alpha value is -6.27. The number of pyridine rings is 1. The summed E-state index contributed by atoms with van der Waals surface area (Å²) < 4.78 is 22.4. The van der Waals surface area contributed by atoms with E-state index in [1.165, 1.54) is 12.3 Å². The number of piperidine rings is 1. The number of nitrogens with one attached hydrogen (secondary N) is 3. The van der Waals surface area contributed by atoms with Crippen LogP contribution in [0.15, 0.2) is 73.1 Å². The maximum absolute atomic E-state index is 13.3. The van der Waals surface area contributed by atoms with Crippen LogP contribution in [0.3, 0.4) is 0 Å². The smallest absolute Gasteiger partial charge is 0.329 e. The number of benzene rings is 3. The number of nitrogens with zero attached hydrogens (tertiary/aromatic N) is 3. The third-order valence-corrected chi connectivity index (χ3v) is 11.3. The van der Waals surface area contributed by atoms with Crippen molar-refractivity contribution in [3.8, 4) is 5.75 Å². The van der Waals surface area contributed by atoms with E-state index >= 15 is 0 Å². The lowest BCUT2D eigenvalue weighted by Crippen LogP contribution is -2.57. The molecule has 3 heterocycles. The second-order valence-electron chi connectivity index (χ2n) is 15.3. The molecule has 1 aliphatic carbocycles. The summed E-state index contributed by atoms with van der Waals surface area (Å²) in [6, 6.07) is 15.6. The Bertz CT molecular complexity index is 2390. The third kappa shape index (κ3) is 9.76. The molecule has 7 rings (SSSR count). The normalized spacial score (nSPS) is 19.4. The summed E-state index contributed by atoms with van der Waals surface area (Å²) in [5.74, 6) is -2.33. The summed E-state index contributed by atoms with van der Waals surface area (Å²) in [7, 11) is 0. The van der Waals surface area contributed by atoms with Gasteiger partial charge in [0.1, 0.15) is 18.4 Å². The van der Waals surface area contributed by atoms with Crippen LogP contribution in [-0.2, 0) is 28.6 Å². The molecule has 1 saturated heterocycles. The molecule has 0 spiro atoms. The van der Waals surface area contributed by atoms with Crippen LogP contribution in [0.1, 0.15) is 75.2 Å². The average Bonchev–Trinajstić information content (AvgIpc) is 3.50. The second kappa shape index (κ2) is 19.6. The van der Waals surface area contributed by atoms with E-state index in [9.17, 15) is 33.6 Å². The van der Waals surface area contributed by atoms with Crippen LogP contribution in [0.25, 0.3) is 10.8 Å². The summed E-state index contributed by atoms with van der Waals surface area (Å²) in [6.45, 7) is 3.82. The molecule has 8 amide bonds. The largest absolute Gasteiger partial charge is 0.490 e. The number of carbonyl (C=O) groups is 7. The second-order valence-corrected chi connectivity index (χ2v) is 15.7. The van der Waals surface area contributed by atoms with Crippen LogP contribution >= 0.6 is 11.6 Å². The summed E-state index contributed by atoms with van der Waals surface area (Å²) in [6.07, 6.45) is 4.88. The minimum absolute atomic E-state index is 0.0289. The van der Waals surface area contributed by atoms with E-state index in [4.69, 9.17) is 30.5 Å². The first-order valence-corrected chi connectivity index (χ1v) is 20.5. The number of rotatable bonds is 19. The van der Waals surface area contributed by atoms with Crippen molar-refractivity contribution in [2.24, 2.45) is 0 Å². The fourth-order valence-corrected chi connectivity index (χ4v) is 8.17. The lowest BCUT2D eigenvalue weighted by molar-refractivity contribution is -0.136. The van der Waals surface area contributed by atoms with Crippen LogP contribution in [0.4, 0.5) is 10.5 Å². The zero-order chi connectivity index (χ0) is 43.8. The van der Waals surface area contributed by atoms with E-state index in [0.29, 0.717) is 47.2 Å². The summed E-state index contributed by atoms with van der Waals surface area (Å²) >= 11 is 6.37. The minimum atomic E-state index is -1.07. The molecule has 3 N–H and O–H groups in total. The molecule has 62 heavy (non-hydrogen) atoms. The molecular formula is C44H45ClN6O11. The van der Waals surface area contributed by atoms with Gasteiger partial charge in [0.05, 0.1) is 62.7 Å². The number of imide groups is 3. The Balaban J connectivity index is 0.765. The Labute approximate surface area is 361 Å². The number of aromatic nitrogens is 1. The van der Waals surface area contributed by atoms with Crippen LogP contribution in [0.5, 0.6) is 5.75 Å². The van der Waals surface area contributed by atoms with Crippen molar-refractivity contribution in [3.63, 3.8) is 0 Å². The summed E-state index contributed by atoms with van der Waals surface area (Å²) in [5, 5.41) is 9.81. The number of carbonyl (C=O) groups excluding carboxylic acids is 7. The van der Waals surface area contributed by atoms with Gasteiger partial charge in [-0.1, -0.05) is 41.9 Å². The summed E-state index contributed by atoms with van der Waals surface area (Å²) in [4.78, 5) is 94.6. The zero-order valence-electron chi connectivity index (χ0n) is 33.9. The Morgan fingerprint density at radius 3 is 2.37 bits per heavy atom. The van der Waals surface area contributed by atoms with Crippen molar-refractivity contribution in [2.45, 2.75) is 50.1 Å². The molecule has 17 nitrogen and oxygen atoms in total. The Kier molecular flexibility index (Phi) is 13.9. The molecule has 1 atom stereocenters. The number of urea groups is 1. The van der Waals surface area contributed by atoms with Gasteiger partial charge in [-0.05, 0) is 68.0 Å². The van der Waals surface area contributed by atoms with Gasteiger partial charge in [0.2, 0.25) is 18.2 Å². The van der Waals surface area contributed by atoms with Gasteiger partial charge in [0.15, 0.2) is 0 Å². The maximum Gasteiger partial charge on any atom is 0.329 e. The molecule has 1 saturated carbocycles. The Morgan fingerprint density at radius 1 is 0.919 bits per heavy atom. The fraction of sp³-hybridized carbons (Fsp3) is 0.364. The fourth-order valence-electron chi connectivity index (χ4n) is 7.88. The number of fused-ring (bicyclic) bond motifs is 2. The predicted molar refractivity (Wildman–Crippen MR) is 224 cm³/mol. The lowest BCUT2D eigenvalue weighted by atomic mass is 9.66. The van der Waals surface area contributed by atoms with E-state index in [1.807, 2.05) is 31.2 Å². The zero-order valence-corrected chi connectivity index (χ0v) is 34.6. The molecule has 0 radical (unpaired) electrons. The van der Waals surface area contributed by atoms with Crippen LogP contribution in [-0.4, -0.2) is 116 Å². The summed E-state index contributed by atoms with van der Waals surface area (Å²) in [5.41, 5.74) is 1.37. The third-order valence-electron chi connectivity index (χ3n) is 10.9. The molecule has 4 aromatic rings. The van der Waals surface area contributed by atoms with Gasteiger partial charge >= 0.3 is 6.03 Å². The molecule has 3 aromatic carbocycles. The lowest BCUT2D eigenvalue weighted by Gasteiger charge is -2.46. The van der Waals surface area contributed by atoms with Crippen molar-refractivity contribution in [1.29, 1.82) is 0 Å². The van der Waals surface area contributed by atoms with E-state index in [2.05, 4.69) is 20.9 Å². The Morgan fingerprint density at radius 2 is 1.65 bits per heavy atom. The van der Waals surface area contributed by atoms with Crippen LogP contribution in [0.2, 0.25) is 5.02 Å². The maximum atomic E-state index is 13.3. The van der Waals surface area contributed by atoms with Crippen molar-refractivity contribution in [1.82, 2.24) is 25.8 Å². The van der Waals surface area contributed by atoms with E-state index in [1.54, 1.807) is 36.5 Å². The molecule has 18 heteroatoms. The van der Waals surface area contributed by atoms with Gasteiger partial charge in [-0.15, -0.1) is 0 Å². The molecule has 2 aliphatic heterocycles. The first kappa shape index (κ1) is 43.8. The van der Waals surface area contributed by atoms with Crippen molar-refractivity contribution < 1.29 is 52.5 Å². The standard InChI is InChI=1S/C44H45ClN6O11/c1-44(22-29(23-44)30-5-2-3-7-33(30)45)49-43(58)50(26-52)35-25-46-24-28-21-27(9-10-31(28)35)39(54)47-13-14-59-15-16-60-17-18-61-19-20-62-36-8-4-6-32-38(36)42(57)51(41(32)56)34-11-12-37(53)48-40(34)55/h2-10,21,24-26,29,34H,11-20,22-23H2,1H3,(H,47,54)(H,49,58)(H,48,53,55). The number of anilines is 1. The highest BCUT2D eigenvalue weighted by Gasteiger charge is 2.46. The van der Waals surface area contributed by atoms with Gasteiger partial charge in [0.25, 0.3) is 17.7 Å². The topological polar surface area (TPSA) is 212 Å². The van der Waals surface area contributed by atoms with Crippen molar-refractivity contribution in [3.05, 3.63) is 100 Å². The van der Waals surface area contributed by atoms with E-state index in [-0.39, 0.29) is 93.4 Å². The highest BCUT2D eigenvalue weighted by atomic mass is 35.5. The van der Waals surface area contributed by atoms with Gasteiger partial charge in [-0.25, -0.2) is 9.69 Å². The number of hydrogen-bond acceptors (Lipinski definition) is 12. The van der Waals surface area contributed by atoms with Crippen LogP contribution < -0.4 is 25.6 Å². The molecule has 2 fully saturated rings. The highest BCUT2D eigenvalue weighted by molar-refractivity contribution is 6.31. The predicted octanol–water partition coefficient (Wildman–Crippen LogP) is 4.16. The monoisotopic (exact) mass is 868 g/mol. The number of hydrogen-bond donors (Lipinski definition) is 3. The van der Waals surface area contributed by atoms with Gasteiger partial charge in [-0.2, -0.15) is 0 Å². The molecule has 324 valence electrons. The van der Waals surface area contributed by atoms with E-state index in [0.717, 1.165) is 15.4 Å². The molecular weight excluding hydrogens is 824 g/mol. The van der Waals surface area contributed by atoms with E-state index < -0.39 is 41.2 Å². The highest BCUT2D eigenvalue weighted by Crippen LogP contribution is 2.46. The van der Waals surface area contributed by atoms with Crippen molar-refractivity contribution >= 4 is 70.0 Å².